The highest BCUT2D eigenvalue weighted by molar-refractivity contribution is 5.93. The Bertz CT molecular complexity index is 2740. The molecule has 12 heteroatoms. The van der Waals surface area contributed by atoms with Gasteiger partial charge in [-0.3, -0.25) is 0 Å². The lowest BCUT2D eigenvalue weighted by atomic mass is 9.96. The quantitative estimate of drug-likeness (QED) is 0.101. The fourth-order valence-electron chi connectivity index (χ4n) is 9.13. The molecule has 0 spiro atoms. The van der Waals surface area contributed by atoms with Crippen molar-refractivity contribution >= 4 is 22.3 Å². The van der Waals surface area contributed by atoms with Crippen molar-refractivity contribution in [3.8, 4) is 46.0 Å². The number of hydrogen-bond acceptors (Lipinski definition) is 10. The number of hydrogen-bond donors (Lipinski definition) is 4. The van der Waals surface area contributed by atoms with Crippen LogP contribution in [0.4, 0.5) is 0 Å². The maximum atomic E-state index is 6.08. The molecule has 2 atom stereocenters. The number of methoxy groups -OCH3 is 8. The molecule has 0 fully saturated rings. The largest absolute Gasteiger partial charge is 0.496 e. The lowest BCUT2D eigenvalue weighted by molar-refractivity contribution is 0.391. The standard InChI is InChI=1S/C52H50N4O8/c1-57-37-13-9-14-38(58-2)49(37)45-29-21-23-31(53-29)46(50-39(59-3)15-10-16-40(50)60-4)33-25-27-35(55-33)48(52-43(63-7)19-12-20-44(52)64-8)36-28-26-34(56-36)47(32-24-22-30(45)54-32)51-41(61-5)17-11-18-42(51)62-6/h9-29,34,53-56H,1-8H3/b45-30+,46-31+,47-32+,48-36+. The van der Waals surface area contributed by atoms with Crippen LogP contribution in [0, 0.1) is 0 Å². The lowest BCUT2D eigenvalue weighted by Gasteiger charge is -2.23. The van der Waals surface area contributed by atoms with E-state index >= 15 is 0 Å². The Morgan fingerprint density at radius 1 is 0.344 bits per heavy atom. The highest BCUT2D eigenvalue weighted by atomic mass is 16.5. The van der Waals surface area contributed by atoms with Crippen molar-refractivity contribution < 1.29 is 37.9 Å². The average molecular weight is 859 g/mol. The van der Waals surface area contributed by atoms with Gasteiger partial charge in [0.15, 0.2) is 0 Å². The van der Waals surface area contributed by atoms with Crippen molar-refractivity contribution in [2.24, 2.45) is 0 Å². The number of ether oxygens (including phenoxy) is 8. The molecule has 0 saturated carbocycles. The summed E-state index contributed by atoms with van der Waals surface area (Å²) in [5, 5.41) is 9.47. The zero-order chi connectivity index (χ0) is 44.5. The van der Waals surface area contributed by atoms with Gasteiger partial charge >= 0.3 is 0 Å². The smallest absolute Gasteiger partial charge is 0.130 e. The van der Waals surface area contributed by atoms with Crippen LogP contribution in [0.25, 0.3) is 22.3 Å². The molecule has 0 saturated heterocycles. The van der Waals surface area contributed by atoms with Crippen molar-refractivity contribution in [1.82, 2.24) is 20.6 Å². The summed E-state index contributed by atoms with van der Waals surface area (Å²) in [6, 6.07) is 30.8. The third-order valence-corrected chi connectivity index (χ3v) is 11.9. The number of H-pyrrole nitrogens is 2. The van der Waals surface area contributed by atoms with E-state index in [0.717, 1.165) is 78.0 Å². The fourth-order valence-corrected chi connectivity index (χ4v) is 9.13. The Kier molecular flexibility index (Phi) is 11.3. The zero-order valence-electron chi connectivity index (χ0n) is 37.0. The summed E-state index contributed by atoms with van der Waals surface area (Å²) in [7, 11) is 13.3. The molecule has 12 nitrogen and oxygen atoms in total. The molecule has 4 N–H and O–H groups in total. The van der Waals surface area contributed by atoms with Crippen LogP contribution in [0.2, 0.25) is 0 Å². The van der Waals surface area contributed by atoms with Crippen molar-refractivity contribution in [3.05, 3.63) is 177 Å². The number of aromatic amines is 2. The van der Waals surface area contributed by atoms with Crippen LogP contribution in [0.1, 0.15) is 33.6 Å². The van der Waals surface area contributed by atoms with Gasteiger partial charge in [-0.2, -0.15) is 0 Å². The average Bonchev–Trinajstić information content (AvgIpc) is 4.20. The van der Waals surface area contributed by atoms with E-state index in [1.54, 1.807) is 56.9 Å². The Hall–Kier alpha value is -7.86. The second-order valence-electron chi connectivity index (χ2n) is 15.1. The van der Waals surface area contributed by atoms with Gasteiger partial charge in [-0.25, -0.2) is 0 Å². The molecular weight excluding hydrogens is 809 g/mol. The normalized spacial score (nSPS) is 20.3. The van der Waals surface area contributed by atoms with Crippen LogP contribution in [-0.2, 0) is 0 Å². The Balaban J connectivity index is 1.45. The first-order chi connectivity index (χ1) is 31.4. The first kappa shape index (κ1) is 41.5. The van der Waals surface area contributed by atoms with Gasteiger partial charge in [0.05, 0.1) is 91.2 Å². The van der Waals surface area contributed by atoms with Crippen molar-refractivity contribution in [2.75, 3.05) is 56.9 Å². The van der Waals surface area contributed by atoms with Gasteiger partial charge < -0.3 is 58.5 Å². The highest BCUT2D eigenvalue weighted by Gasteiger charge is 2.33. The van der Waals surface area contributed by atoms with Gasteiger partial charge in [0.25, 0.3) is 0 Å². The first-order valence-corrected chi connectivity index (χ1v) is 20.8. The third-order valence-electron chi connectivity index (χ3n) is 11.9. The van der Waals surface area contributed by atoms with E-state index in [0.29, 0.717) is 46.0 Å². The van der Waals surface area contributed by atoms with E-state index in [4.69, 9.17) is 37.9 Å². The molecule has 0 amide bonds. The van der Waals surface area contributed by atoms with Crippen LogP contribution < -0.4 is 59.2 Å². The predicted octanol–water partition coefficient (Wildman–Crippen LogP) is 7.10. The van der Waals surface area contributed by atoms with E-state index in [1.165, 1.54) is 0 Å². The first-order valence-electron chi connectivity index (χ1n) is 20.8. The number of fused-ring (bicyclic) bond motifs is 8. The second kappa shape index (κ2) is 17.5. The van der Waals surface area contributed by atoms with Gasteiger partial charge in [-0.05, 0) is 84.9 Å². The fraction of sp³-hybridized carbons (Fsp3) is 0.192. The van der Waals surface area contributed by atoms with Gasteiger partial charge in [0.1, 0.15) is 46.0 Å². The third kappa shape index (κ3) is 6.97. The van der Waals surface area contributed by atoms with Crippen molar-refractivity contribution in [2.45, 2.75) is 12.1 Å². The molecule has 2 aromatic heterocycles. The number of nitrogens with one attached hydrogen (secondary N) is 4. The van der Waals surface area contributed by atoms with Crippen molar-refractivity contribution in [1.29, 1.82) is 0 Å². The lowest BCUT2D eigenvalue weighted by Crippen LogP contribution is -2.32. The summed E-state index contributed by atoms with van der Waals surface area (Å²) in [5.74, 6) is 5.16. The molecule has 0 radical (unpaired) electrons. The summed E-state index contributed by atoms with van der Waals surface area (Å²) in [6.45, 7) is 0. The van der Waals surface area contributed by atoms with Crippen LogP contribution in [0.3, 0.4) is 0 Å². The molecule has 9 rings (SSSR count). The highest BCUT2D eigenvalue weighted by Crippen LogP contribution is 2.46. The number of benzene rings is 4. The summed E-state index contributed by atoms with van der Waals surface area (Å²) >= 11 is 0. The van der Waals surface area contributed by atoms with Crippen LogP contribution in [-0.4, -0.2) is 78.9 Å². The zero-order valence-corrected chi connectivity index (χ0v) is 37.0. The van der Waals surface area contributed by atoms with E-state index in [-0.39, 0.29) is 0 Å². The molecule has 0 aliphatic carbocycles. The Morgan fingerprint density at radius 3 is 0.938 bits per heavy atom. The minimum Gasteiger partial charge on any atom is -0.496 e. The molecule has 6 aromatic rings. The maximum absolute atomic E-state index is 6.08. The molecule has 8 bridgehead atoms. The minimum atomic E-state index is -0.390. The summed E-state index contributed by atoms with van der Waals surface area (Å²) in [6.07, 6.45) is 8.49. The van der Waals surface area contributed by atoms with Crippen LogP contribution in [0.15, 0.2) is 133 Å². The molecule has 64 heavy (non-hydrogen) atoms. The van der Waals surface area contributed by atoms with E-state index in [9.17, 15) is 0 Å². The molecule has 2 unspecified atom stereocenters. The Morgan fingerprint density at radius 2 is 0.641 bits per heavy atom. The maximum Gasteiger partial charge on any atom is 0.130 e. The van der Waals surface area contributed by atoms with E-state index in [1.807, 2.05) is 72.8 Å². The molecule has 5 heterocycles. The Labute approximate surface area is 371 Å². The molecule has 4 aromatic carbocycles. The predicted molar refractivity (Wildman–Crippen MR) is 248 cm³/mol. The van der Waals surface area contributed by atoms with Crippen molar-refractivity contribution in [3.63, 3.8) is 0 Å². The molecule has 3 aliphatic rings. The second-order valence-corrected chi connectivity index (χ2v) is 15.1. The molecular formula is C52H50N4O8. The number of aromatic nitrogens is 2. The topological polar surface area (TPSA) is 129 Å². The van der Waals surface area contributed by atoms with Crippen LogP contribution >= 0.6 is 0 Å². The monoisotopic (exact) mass is 858 g/mol. The summed E-state index contributed by atoms with van der Waals surface area (Å²) < 4.78 is 48.6. The SMILES string of the molecule is COc1cccc(OC)c1/C1=C2\C=CC(N2)/C(c2c(OC)cccc2OC)=c2/cc/c([nH]2)=C(\c2c(OC)cccc2OC)C2C=C/C(=C(\c3c(OC)cccc3OC)c3ccc1[nH]3)N2. The van der Waals surface area contributed by atoms with Gasteiger partial charge in [-0.15, -0.1) is 0 Å². The van der Waals surface area contributed by atoms with E-state index < -0.39 is 12.1 Å². The van der Waals surface area contributed by atoms with Gasteiger partial charge in [0, 0.05) is 55.8 Å². The van der Waals surface area contributed by atoms with E-state index in [2.05, 4.69) is 69.2 Å². The number of rotatable bonds is 12. The molecule has 3 aliphatic heterocycles. The minimum absolute atomic E-state index is 0.390. The summed E-state index contributed by atoms with van der Waals surface area (Å²) in [4.78, 5) is 7.70. The summed E-state index contributed by atoms with van der Waals surface area (Å²) in [5.41, 5.74) is 9.79. The van der Waals surface area contributed by atoms with Gasteiger partial charge in [0.2, 0.25) is 0 Å². The van der Waals surface area contributed by atoms with Gasteiger partial charge in [-0.1, -0.05) is 36.4 Å². The molecule has 326 valence electrons. The number of allylic oxidation sites excluding steroid dienone is 2. The van der Waals surface area contributed by atoms with Crippen LogP contribution in [0.5, 0.6) is 46.0 Å².